The van der Waals surface area contributed by atoms with Gasteiger partial charge in [0.2, 0.25) is 5.89 Å². The molecule has 0 fully saturated rings. The number of benzene rings is 3. The summed E-state index contributed by atoms with van der Waals surface area (Å²) in [6.07, 6.45) is 0.964. The van der Waals surface area contributed by atoms with E-state index < -0.39 is 0 Å². The van der Waals surface area contributed by atoms with Crippen LogP contribution in [0.15, 0.2) is 71.1 Å². The normalized spacial score (nSPS) is 13.4. The first-order chi connectivity index (χ1) is 13.2. The third kappa shape index (κ3) is 2.61. The van der Waals surface area contributed by atoms with Crippen LogP contribution in [0, 0.1) is 0 Å². The van der Waals surface area contributed by atoms with Crippen molar-refractivity contribution < 1.29 is 9.21 Å². The number of hydrogen-bond donors (Lipinski definition) is 0. The van der Waals surface area contributed by atoms with Crippen molar-refractivity contribution in [3.8, 4) is 11.5 Å². The first-order valence-electron chi connectivity index (χ1n) is 9.12. The van der Waals surface area contributed by atoms with E-state index in [1.54, 1.807) is 4.90 Å². The second-order valence-corrected chi connectivity index (χ2v) is 6.77. The largest absolute Gasteiger partial charge is 0.436 e. The van der Waals surface area contributed by atoms with E-state index in [1.165, 1.54) is 5.56 Å². The predicted octanol–water partition coefficient (Wildman–Crippen LogP) is 5.22. The predicted molar refractivity (Wildman–Crippen MR) is 106 cm³/mol. The van der Waals surface area contributed by atoms with Crippen LogP contribution in [-0.4, -0.2) is 10.9 Å². The van der Waals surface area contributed by atoms with E-state index in [4.69, 9.17) is 4.42 Å². The van der Waals surface area contributed by atoms with Gasteiger partial charge < -0.3 is 9.32 Å². The number of carbonyl (C=O) groups excluding carboxylic acids is 1. The minimum Gasteiger partial charge on any atom is -0.436 e. The van der Waals surface area contributed by atoms with E-state index in [0.29, 0.717) is 12.4 Å². The molecule has 0 saturated heterocycles. The highest BCUT2D eigenvalue weighted by Gasteiger charge is 2.28. The van der Waals surface area contributed by atoms with E-state index in [0.717, 1.165) is 39.9 Å². The molecule has 1 aliphatic heterocycles. The summed E-state index contributed by atoms with van der Waals surface area (Å²) >= 11 is 0. The maximum absolute atomic E-state index is 12.7. The average molecular weight is 354 g/mol. The molecule has 1 aliphatic rings. The zero-order valence-corrected chi connectivity index (χ0v) is 15.0. The number of hydrogen-bond acceptors (Lipinski definition) is 3. The fraction of sp³-hybridized carbons (Fsp3) is 0.130. The summed E-state index contributed by atoms with van der Waals surface area (Å²) < 4.78 is 5.95. The number of oxazole rings is 1. The van der Waals surface area contributed by atoms with Gasteiger partial charge in [0.25, 0.3) is 5.91 Å². The SMILES string of the molecule is CCc1ccc2oc(-c3cccc(N4Cc5ccccc5C4=O)c3)nc2c1. The van der Waals surface area contributed by atoms with Gasteiger partial charge in [0.1, 0.15) is 5.52 Å². The molecule has 0 saturated carbocycles. The molecule has 1 amide bonds. The van der Waals surface area contributed by atoms with Crippen molar-refractivity contribution >= 4 is 22.7 Å². The quantitative estimate of drug-likeness (QED) is 0.507. The molecule has 4 aromatic rings. The summed E-state index contributed by atoms with van der Waals surface area (Å²) in [7, 11) is 0. The van der Waals surface area contributed by atoms with Crippen LogP contribution in [0.5, 0.6) is 0 Å². The molecular formula is C23H18N2O2. The smallest absolute Gasteiger partial charge is 0.258 e. The topological polar surface area (TPSA) is 46.3 Å². The minimum atomic E-state index is 0.0351. The third-order valence-electron chi connectivity index (χ3n) is 5.09. The van der Waals surface area contributed by atoms with E-state index >= 15 is 0 Å². The minimum absolute atomic E-state index is 0.0351. The van der Waals surface area contributed by atoms with Gasteiger partial charge in [-0.25, -0.2) is 4.98 Å². The van der Waals surface area contributed by atoms with Gasteiger partial charge in [-0.2, -0.15) is 0 Å². The average Bonchev–Trinajstić information content (AvgIpc) is 3.29. The molecule has 27 heavy (non-hydrogen) atoms. The fourth-order valence-electron chi connectivity index (χ4n) is 3.59. The van der Waals surface area contributed by atoms with Crippen LogP contribution in [0.2, 0.25) is 0 Å². The van der Waals surface area contributed by atoms with E-state index in [1.807, 2.05) is 54.6 Å². The summed E-state index contributed by atoms with van der Waals surface area (Å²) in [5, 5.41) is 0. The number of fused-ring (bicyclic) bond motifs is 2. The van der Waals surface area contributed by atoms with Crippen molar-refractivity contribution in [2.45, 2.75) is 19.9 Å². The zero-order valence-electron chi connectivity index (χ0n) is 15.0. The maximum atomic E-state index is 12.7. The van der Waals surface area contributed by atoms with Crippen molar-refractivity contribution in [1.29, 1.82) is 0 Å². The molecule has 0 unspecified atom stereocenters. The van der Waals surface area contributed by atoms with Crippen molar-refractivity contribution in [3.05, 3.63) is 83.4 Å². The van der Waals surface area contributed by atoms with Crippen molar-refractivity contribution in [2.75, 3.05) is 4.90 Å². The second-order valence-electron chi connectivity index (χ2n) is 6.77. The van der Waals surface area contributed by atoms with Crippen LogP contribution >= 0.6 is 0 Å². The summed E-state index contributed by atoms with van der Waals surface area (Å²) in [5.41, 5.74) is 6.42. The molecule has 0 aliphatic carbocycles. The number of anilines is 1. The molecule has 5 rings (SSSR count). The van der Waals surface area contributed by atoms with Gasteiger partial charge in [0.15, 0.2) is 5.58 Å². The zero-order chi connectivity index (χ0) is 18.4. The van der Waals surface area contributed by atoms with Crippen LogP contribution in [-0.2, 0) is 13.0 Å². The Bertz CT molecular complexity index is 1180. The third-order valence-corrected chi connectivity index (χ3v) is 5.09. The Morgan fingerprint density at radius 1 is 1.04 bits per heavy atom. The monoisotopic (exact) mass is 354 g/mol. The Morgan fingerprint density at radius 3 is 2.78 bits per heavy atom. The van der Waals surface area contributed by atoms with E-state index in [9.17, 15) is 4.79 Å². The Morgan fingerprint density at radius 2 is 1.93 bits per heavy atom. The van der Waals surface area contributed by atoms with Gasteiger partial charge in [-0.05, 0) is 53.9 Å². The van der Waals surface area contributed by atoms with Gasteiger partial charge in [-0.15, -0.1) is 0 Å². The first kappa shape index (κ1) is 15.8. The number of carbonyl (C=O) groups is 1. The highest BCUT2D eigenvalue weighted by molar-refractivity contribution is 6.10. The molecule has 2 heterocycles. The lowest BCUT2D eigenvalue weighted by molar-refractivity contribution is 0.0996. The van der Waals surface area contributed by atoms with Crippen LogP contribution in [0.1, 0.15) is 28.4 Å². The van der Waals surface area contributed by atoms with Gasteiger partial charge in [0.05, 0.1) is 6.54 Å². The van der Waals surface area contributed by atoms with Crippen LogP contribution in [0.4, 0.5) is 5.69 Å². The molecule has 0 radical (unpaired) electrons. The lowest BCUT2D eigenvalue weighted by Crippen LogP contribution is -2.22. The number of aryl methyl sites for hydroxylation is 1. The van der Waals surface area contributed by atoms with Gasteiger partial charge in [-0.1, -0.05) is 37.3 Å². The molecule has 4 nitrogen and oxygen atoms in total. The van der Waals surface area contributed by atoms with Crippen LogP contribution < -0.4 is 4.90 Å². The number of nitrogens with zero attached hydrogens (tertiary/aromatic N) is 2. The number of aromatic nitrogens is 1. The fourth-order valence-corrected chi connectivity index (χ4v) is 3.59. The molecular weight excluding hydrogens is 336 g/mol. The summed E-state index contributed by atoms with van der Waals surface area (Å²) in [6, 6.07) is 21.7. The Kier molecular flexibility index (Phi) is 3.57. The first-order valence-corrected chi connectivity index (χ1v) is 9.12. The number of amides is 1. The lowest BCUT2D eigenvalue weighted by atomic mass is 10.1. The molecule has 0 bridgehead atoms. The molecule has 3 aromatic carbocycles. The Balaban J connectivity index is 1.52. The molecule has 0 spiro atoms. The summed E-state index contributed by atoms with van der Waals surface area (Å²) in [6.45, 7) is 2.71. The van der Waals surface area contributed by atoms with Gasteiger partial charge in [-0.3, -0.25) is 4.79 Å². The molecule has 4 heteroatoms. The Labute approximate surface area is 157 Å². The standard InChI is InChI=1S/C23H18N2O2/c1-2-15-10-11-21-20(12-15)24-22(27-21)16-7-5-8-18(13-16)25-14-17-6-3-4-9-19(17)23(25)26/h3-13H,2,14H2,1H3. The Hall–Kier alpha value is -3.40. The second kappa shape index (κ2) is 6.09. The van der Waals surface area contributed by atoms with Crippen LogP contribution in [0.25, 0.3) is 22.6 Å². The lowest BCUT2D eigenvalue weighted by Gasteiger charge is -2.16. The van der Waals surface area contributed by atoms with Crippen molar-refractivity contribution in [3.63, 3.8) is 0 Å². The van der Waals surface area contributed by atoms with Crippen molar-refractivity contribution in [1.82, 2.24) is 4.98 Å². The maximum Gasteiger partial charge on any atom is 0.258 e. The molecule has 0 N–H and O–H groups in total. The molecule has 1 aromatic heterocycles. The van der Waals surface area contributed by atoms with Gasteiger partial charge in [0, 0.05) is 16.8 Å². The van der Waals surface area contributed by atoms with Crippen molar-refractivity contribution in [2.24, 2.45) is 0 Å². The highest BCUT2D eigenvalue weighted by Crippen LogP contribution is 2.32. The summed E-state index contributed by atoms with van der Waals surface area (Å²) in [4.78, 5) is 19.2. The highest BCUT2D eigenvalue weighted by atomic mass is 16.3. The van der Waals surface area contributed by atoms with E-state index in [2.05, 4.69) is 24.0 Å². The summed E-state index contributed by atoms with van der Waals surface area (Å²) in [5.74, 6) is 0.608. The van der Waals surface area contributed by atoms with Gasteiger partial charge >= 0.3 is 0 Å². The number of rotatable bonds is 3. The molecule has 132 valence electrons. The molecule has 0 atom stereocenters. The van der Waals surface area contributed by atoms with Crippen LogP contribution in [0.3, 0.4) is 0 Å². The van der Waals surface area contributed by atoms with E-state index in [-0.39, 0.29) is 5.91 Å².